The van der Waals surface area contributed by atoms with E-state index >= 15 is 4.39 Å². The largest absolute Gasteiger partial charge is 0.462 e. The van der Waals surface area contributed by atoms with Crippen LogP contribution in [-0.4, -0.2) is 56.7 Å². The predicted octanol–water partition coefficient (Wildman–Crippen LogP) is 2.12. The molecular formula is C21H27ClFN4O8P. The molecule has 0 saturated carbocycles. The number of alkyl halides is 2. The number of halogens is 2. The van der Waals surface area contributed by atoms with Gasteiger partial charge in [0.25, 0.3) is 5.13 Å². The van der Waals surface area contributed by atoms with Gasteiger partial charge in [0.2, 0.25) is 0 Å². The SMILES string of the molecule is CC(C)OC(=O)[C@H](C)NP(=O)(OCC1OC(n2ccc(N)nc2=O)C(F)(Cl)C1O)Oc1ccccc1. The van der Waals surface area contributed by atoms with E-state index in [1.165, 1.54) is 25.1 Å². The number of carbonyl (C=O) groups is 1. The Hall–Kier alpha value is -2.54. The van der Waals surface area contributed by atoms with Gasteiger partial charge in [-0.25, -0.2) is 13.8 Å². The smallest absolute Gasteiger partial charge is 0.459 e. The van der Waals surface area contributed by atoms with Crippen molar-refractivity contribution in [3.05, 3.63) is 53.1 Å². The average molecular weight is 549 g/mol. The molecular weight excluding hydrogens is 522 g/mol. The fraction of sp³-hybridized carbons (Fsp3) is 0.476. The molecule has 198 valence electrons. The third-order valence-electron chi connectivity index (χ3n) is 4.92. The van der Waals surface area contributed by atoms with Crippen molar-refractivity contribution in [2.75, 3.05) is 12.3 Å². The van der Waals surface area contributed by atoms with Crippen molar-refractivity contribution in [1.82, 2.24) is 14.6 Å². The molecule has 0 aliphatic carbocycles. The van der Waals surface area contributed by atoms with Crippen molar-refractivity contribution in [2.45, 2.75) is 56.5 Å². The normalized spacial score (nSPS) is 26.4. The van der Waals surface area contributed by atoms with Gasteiger partial charge in [0, 0.05) is 6.20 Å². The number of rotatable bonds is 10. The van der Waals surface area contributed by atoms with Crippen molar-refractivity contribution in [3.8, 4) is 5.75 Å². The van der Waals surface area contributed by atoms with Gasteiger partial charge >= 0.3 is 19.4 Å². The molecule has 4 N–H and O–H groups in total. The topological polar surface area (TPSA) is 164 Å². The molecule has 1 fully saturated rings. The quantitative estimate of drug-likeness (QED) is 0.226. The molecule has 0 amide bonds. The van der Waals surface area contributed by atoms with Crippen molar-refractivity contribution in [1.29, 1.82) is 0 Å². The van der Waals surface area contributed by atoms with Gasteiger partial charge in [-0.05, 0) is 39.0 Å². The van der Waals surface area contributed by atoms with Gasteiger partial charge in [-0.15, -0.1) is 0 Å². The number of ether oxygens (including phenoxy) is 2. The molecule has 1 saturated heterocycles. The van der Waals surface area contributed by atoms with E-state index in [1.807, 2.05) is 0 Å². The number of benzene rings is 1. The monoisotopic (exact) mass is 548 g/mol. The summed E-state index contributed by atoms with van der Waals surface area (Å²) < 4.78 is 51.0. The highest BCUT2D eigenvalue weighted by atomic mass is 35.5. The molecule has 15 heteroatoms. The molecule has 3 rings (SSSR count). The lowest BCUT2D eigenvalue weighted by Gasteiger charge is -2.25. The van der Waals surface area contributed by atoms with Crippen LogP contribution < -0.4 is 21.0 Å². The van der Waals surface area contributed by atoms with E-state index in [-0.39, 0.29) is 11.6 Å². The molecule has 2 heterocycles. The number of esters is 1. The van der Waals surface area contributed by atoms with E-state index in [4.69, 9.17) is 35.9 Å². The fourth-order valence-electron chi connectivity index (χ4n) is 3.22. The number of anilines is 1. The second-order valence-corrected chi connectivity index (χ2v) is 10.5. The third-order valence-corrected chi connectivity index (χ3v) is 6.97. The highest BCUT2D eigenvalue weighted by Crippen LogP contribution is 2.48. The minimum atomic E-state index is -4.33. The van der Waals surface area contributed by atoms with Crippen LogP contribution in [0.25, 0.3) is 0 Å². The van der Waals surface area contributed by atoms with Crippen LogP contribution in [0.2, 0.25) is 0 Å². The Balaban J connectivity index is 1.79. The number of aromatic nitrogens is 2. The molecule has 6 atom stereocenters. The summed E-state index contributed by atoms with van der Waals surface area (Å²) in [4.78, 5) is 27.9. The first-order chi connectivity index (χ1) is 16.8. The molecule has 1 aromatic carbocycles. The van der Waals surface area contributed by atoms with E-state index in [9.17, 15) is 19.3 Å². The van der Waals surface area contributed by atoms with Crippen molar-refractivity contribution in [2.24, 2.45) is 0 Å². The molecule has 2 aromatic rings. The Morgan fingerprint density at radius 3 is 2.64 bits per heavy atom. The summed E-state index contributed by atoms with van der Waals surface area (Å²) in [6, 6.07) is 8.03. The number of para-hydroxylation sites is 1. The summed E-state index contributed by atoms with van der Waals surface area (Å²) in [6.45, 7) is 3.98. The van der Waals surface area contributed by atoms with Crippen LogP contribution in [0, 0.1) is 0 Å². The number of hydrogen-bond donors (Lipinski definition) is 3. The Kier molecular flexibility index (Phi) is 8.75. The van der Waals surface area contributed by atoms with Crippen LogP contribution in [0.5, 0.6) is 5.75 Å². The van der Waals surface area contributed by atoms with Crippen LogP contribution in [0.15, 0.2) is 47.4 Å². The molecule has 5 unspecified atom stereocenters. The van der Waals surface area contributed by atoms with Gasteiger partial charge in [-0.3, -0.25) is 13.9 Å². The average Bonchev–Trinajstić information content (AvgIpc) is 3.01. The lowest BCUT2D eigenvalue weighted by Crippen LogP contribution is -2.41. The van der Waals surface area contributed by atoms with Crippen LogP contribution in [-0.2, 0) is 23.4 Å². The number of nitrogens with two attached hydrogens (primary N) is 1. The molecule has 0 bridgehead atoms. The highest BCUT2D eigenvalue weighted by Gasteiger charge is 2.58. The van der Waals surface area contributed by atoms with Crippen LogP contribution in [0.3, 0.4) is 0 Å². The molecule has 36 heavy (non-hydrogen) atoms. The van der Waals surface area contributed by atoms with Crippen LogP contribution in [0.1, 0.15) is 27.0 Å². The molecule has 12 nitrogen and oxygen atoms in total. The summed E-state index contributed by atoms with van der Waals surface area (Å²) in [7, 11) is -4.33. The minimum Gasteiger partial charge on any atom is -0.462 e. The predicted molar refractivity (Wildman–Crippen MR) is 127 cm³/mol. The zero-order chi connectivity index (χ0) is 26.7. The second kappa shape index (κ2) is 11.2. The first kappa shape index (κ1) is 28.0. The van der Waals surface area contributed by atoms with Crippen LogP contribution >= 0.6 is 19.3 Å². The first-order valence-corrected chi connectivity index (χ1v) is 12.8. The van der Waals surface area contributed by atoms with Gasteiger partial charge in [-0.1, -0.05) is 29.8 Å². The Morgan fingerprint density at radius 2 is 2.03 bits per heavy atom. The first-order valence-electron chi connectivity index (χ1n) is 10.9. The Labute approximate surface area is 211 Å². The lowest BCUT2D eigenvalue weighted by atomic mass is 10.1. The zero-order valence-corrected chi connectivity index (χ0v) is 21.3. The van der Waals surface area contributed by atoms with E-state index in [0.717, 1.165) is 10.8 Å². The van der Waals surface area contributed by atoms with E-state index in [1.54, 1.807) is 32.0 Å². The summed E-state index contributed by atoms with van der Waals surface area (Å²) in [6.07, 6.45) is -4.62. The number of nitrogens with zero attached hydrogens (tertiary/aromatic N) is 2. The lowest BCUT2D eigenvalue weighted by molar-refractivity contribution is -0.149. The van der Waals surface area contributed by atoms with E-state index in [2.05, 4.69) is 10.1 Å². The summed E-state index contributed by atoms with van der Waals surface area (Å²) in [5.41, 5.74) is 4.48. The maximum absolute atomic E-state index is 15.2. The molecule has 0 radical (unpaired) electrons. The number of nitrogen functional groups attached to an aromatic ring is 1. The number of aliphatic hydroxyl groups excluding tert-OH is 1. The van der Waals surface area contributed by atoms with Crippen molar-refractivity contribution < 1.29 is 37.4 Å². The van der Waals surface area contributed by atoms with Gasteiger partial charge in [0.05, 0.1) is 12.7 Å². The molecule has 0 spiro atoms. The molecule has 1 aromatic heterocycles. The Morgan fingerprint density at radius 1 is 1.36 bits per heavy atom. The fourth-order valence-corrected chi connectivity index (χ4v) is 5.02. The number of nitrogens with one attached hydrogen (secondary N) is 1. The number of carbonyl (C=O) groups excluding carboxylic acids is 1. The maximum Gasteiger partial charge on any atom is 0.459 e. The zero-order valence-electron chi connectivity index (χ0n) is 19.6. The van der Waals surface area contributed by atoms with Gasteiger partial charge in [0.1, 0.15) is 29.8 Å². The van der Waals surface area contributed by atoms with Gasteiger partial charge < -0.3 is 24.8 Å². The molecule has 1 aliphatic heterocycles. The van der Waals surface area contributed by atoms with Crippen molar-refractivity contribution >= 4 is 31.1 Å². The van der Waals surface area contributed by atoms with Crippen LogP contribution in [0.4, 0.5) is 10.2 Å². The summed E-state index contributed by atoms with van der Waals surface area (Å²) in [5, 5.41) is 9.94. The van der Waals surface area contributed by atoms with E-state index < -0.39 is 61.7 Å². The third kappa shape index (κ3) is 6.61. The Bertz CT molecular complexity index is 1170. The standard InChI is InChI=1S/C21H27ClFN4O8P/c1-12(2)33-18(29)13(3)26-36(31,35-14-7-5-4-6-8-14)32-11-15-17(28)21(22,23)19(34-15)27-10-9-16(24)25-20(27)30/h4-10,12-13,15,17,19,28H,11H2,1-3H3,(H,26,31)(H2,24,25,30)/t13-,15?,17?,19?,21?,36?/m0/s1. The number of aliphatic hydroxyl groups is 1. The number of hydrogen-bond acceptors (Lipinski definition) is 10. The van der Waals surface area contributed by atoms with Gasteiger partial charge in [-0.2, -0.15) is 10.1 Å². The van der Waals surface area contributed by atoms with Crippen molar-refractivity contribution in [3.63, 3.8) is 0 Å². The summed E-state index contributed by atoms with van der Waals surface area (Å²) >= 11 is 5.89. The minimum absolute atomic E-state index is 0.108. The molecule has 1 aliphatic rings. The maximum atomic E-state index is 15.2. The van der Waals surface area contributed by atoms with E-state index in [0.29, 0.717) is 0 Å². The van der Waals surface area contributed by atoms with Gasteiger partial charge in [0.15, 0.2) is 6.23 Å². The highest BCUT2D eigenvalue weighted by molar-refractivity contribution is 7.52. The summed E-state index contributed by atoms with van der Waals surface area (Å²) in [5.74, 6) is -0.689. The second-order valence-electron chi connectivity index (χ2n) is 8.22.